The lowest BCUT2D eigenvalue weighted by atomic mass is 9.97. The summed E-state index contributed by atoms with van der Waals surface area (Å²) in [6.45, 7) is 4.19. The second-order valence-electron chi connectivity index (χ2n) is 7.56. The highest BCUT2D eigenvalue weighted by atomic mass is 16.2. The predicted octanol–water partition coefficient (Wildman–Crippen LogP) is 2.82. The van der Waals surface area contributed by atoms with Crippen molar-refractivity contribution in [2.24, 2.45) is 4.99 Å². The molecule has 3 aromatic heterocycles. The molecule has 0 radical (unpaired) electrons. The average Bonchev–Trinajstić information content (AvgIpc) is 3.32. The minimum absolute atomic E-state index is 0.262. The number of nitrogens with one attached hydrogen (secondary N) is 4. The van der Waals surface area contributed by atoms with Crippen molar-refractivity contribution in [3.8, 4) is 11.3 Å². The van der Waals surface area contributed by atoms with Crippen LogP contribution in [0.3, 0.4) is 0 Å². The van der Waals surface area contributed by atoms with Gasteiger partial charge in [-0.3, -0.25) is 20.4 Å². The maximum atomic E-state index is 12.3. The van der Waals surface area contributed by atoms with E-state index < -0.39 is 5.54 Å². The number of aliphatic imine (C=N–C) groups is 1. The molecule has 5 rings (SSSR count). The van der Waals surface area contributed by atoms with Gasteiger partial charge in [0.15, 0.2) is 0 Å². The Bertz CT molecular complexity index is 1330. The molecule has 3 aromatic rings. The standard InChI is InChI=1S/C22H20N8O/c1-13-9-14(6-8-23-13)20-15-11-24-18(10-16(15)29-30-20)27-21(31)25-12-19-26-17-5-3-4-7-22(17,2)28-19/h3-4,6-11H,12H2,1-2H3,(H,26,28)(H,29,30)(H2,24,25,27,31). The van der Waals surface area contributed by atoms with Crippen LogP contribution in [0.15, 0.2) is 65.2 Å². The number of rotatable bonds is 4. The van der Waals surface area contributed by atoms with Gasteiger partial charge in [-0.15, -0.1) is 0 Å². The number of amides is 2. The molecule has 154 valence electrons. The first kappa shape index (κ1) is 18.8. The summed E-state index contributed by atoms with van der Waals surface area (Å²) in [7, 11) is 0. The number of hydrogen-bond acceptors (Lipinski definition) is 6. The molecule has 1 aliphatic heterocycles. The molecule has 2 amide bonds. The van der Waals surface area contributed by atoms with Crippen LogP contribution >= 0.6 is 0 Å². The lowest BCUT2D eigenvalue weighted by Gasteiger charge is -2.17. The van der Waals surface area contributed by atoms with Gasteiger partial charge in [0.2, 0.25) is 0 Å². The third-order valence-corrected chi connectivity index (χ3v) is 5.16. The van der Waals surface area contributed by atoms with Gasteiger partial charge in [-0.05, 0) is 32.1 Å². The summed E-state index contributed by atoms with van der Waals surface area (Å²) in [5, 5.41) is 17.0. The number of anilines is 1. The lowest BCUT2D eigenvalue weighted by Crippen LogP contribution is -2.37. The molecule has 9 nitrogen and oxygen atoms in total. The highest BCUT2D eigenvalue weighted by Gasteiger charge is 2.33. The predicted molar refractivity (Wildman–Crippen MR) is 119 cm³/mol. The number of aromatic nitrogens is 4. The van der Waals surface area contributed by atoms with Crippen molar-refractivity contribution < 1.29 is 4.79 Å². The van der Waals surface area contributed by atoms with Crippen LogP contribution in [0.5, 0.6) is 0 Å². The Kier molecular flexibility index (Phi) is 4.38. The first-order chi connectivity index (χ1) is 15.0. The van der Waals surface area contributed by atoms with Crippen LogP contribution in [-0.2, 0) is 0 Å². The van der Waals surface area contributed by atoms with Crippen molar-refractivity contribution in [1.29, 1.82) is 0 Å². The van der Waals surface area contributed by atoms with Gasteiger partial charge in [-0.1, -0.05) is 17.9 Å². The Morgan fingerprint density at radius 3 is 3.03 bits per heavy atom. The van der Waals surface area contributed by atoms with Crippen LogP contribution in [0.25, 0.3) is 22.2 Å². The number of urea groups is 1. The summed E-state index contributed by atoms with van der Waals surface area (Å²) in [5.41, 5.74) is 7.01. The van der Waals surface area contributed by atoms with Crippen molar-refractivity contribution in [3.63, 3.8) is 0 Å². The van der Waals surface area contributed by atoms with E-state index in [1.165, 1.54) is 0 Å². The lowest BCUT2D eigenvalue weighted by molar-refractivity contribution is 0.253. The maximum absolute atomic E-state index is 12.3. The summed E-state index contributed by atoms with van der Waals surface area (Å²) in [6.07, 6.45) is 9.18. The Balaban J connectivity index is 1.26. The first-order valence-corrected chi connectivity index (χ1v) is 9.83. The summed E-state index contributed by atoms with van der Waals surface area (Å²) >= 11 is 0. The largest absolute Gasteiger partial charge is 0.337 e. The molecule has 9 heteroatoms. The second-order valence-corrected chi connectivity index (χ2v) is 7.56. The monoisotopic (exact) mass is 412 g/mol. The molecule has 1 aliphatic carbocycles. The highest BCUT2D eigenvalue weighted by Crippen LogP contribution is 2.28. The van der Waals surface area contributed by atoms with Gasteiger partial charge < -0.3 is 10.6 Å². The van der Waals surface area contributed by atoms with Gasteiger partial charge in [0.1, 0.15) is 22.9 Å². The molecule has 0 spiro atoms. The van der Waals surface area contributed by atoms with Crippen LogP contribution < -0.4 is 16.0 Å². The minimum atomic E-state index is -0.444. The molecule has 0 bridgehead atoms. The molecule has 4 heterocycles. The average molecular weight is 412 g/mol. The summed E-state index contributed by atoms with van der Waals surface area (Å²) in [4.78, 5) is 25.5. The molecule has 31 heavy (non-hydrogen) atoms. The van der Waals surface area contributed by atoms with E-state index in [0.29, 0.717) is 11.7 Å². The van der Waals surface area contributed by atoms with Gasteiger partial charge in [-0.2, -0.15) is 5.10 Å². The number of nitrogens with zero attached hydrogens (tertiary/aromatic N) is 4. The van der Waals surface area contributed by atoms with Gasteiger partial charge >= 0.3 is 6.03 Å². The quantitative estimate of drug-likeness (QED) is 0.491. The number of aromatic amines is 1. The maximum Gasteiger partial charge on any atom is 0.320 e. The number of hydrogen-bond donors (Lipinski definition) is 4. The number of carbonyl (C=O) groups is 1. The van der Waals surface area contributed by atoms with Crippen molar-refractivity contribution in [1.82, 2.24) is 30.8 Å². The van der Waals surface area contributed by atoms with Crippen LogP contribution in [0.4, 0.5) is 10.6 Å². The number of pyridine rings is 2. The van der Waals surface area contributed by atoms with Crippen molar-refractivity contribution in [3.05, 3.63) is 65.9 Å². The van der Waals surface area contributed by atoms with Gasteiger partial charge in [-0.25, -0.2) is 9.78 Å². The fraction of sp³-hybridized carbons (Fsp3) is 0.182. The first-order valence-electron chi connectivity index (χ1n) is 9.83. The third-order valence-electron chi connectivity index (χ3n) is 5.16. The molecular weight excluding hydrogens is 392 g/mol. The number of aryl methyl sites for hydroxylation is 1. The van der Waals surface area contributed by atoms with Crippen LogP contribution in [0.1, 0.15) is 12.6 Å². The number of amidine groups is 1. The van der Waals surface area contributed by atoms with Gasteiger partial charge in [0.25, 0.3) is 0 Å². The van der Waals surface area contributed by atoms with Crippen LogP contribution in [-0.4, -0.2) is 44.1 Å². The summed E-state index contributed by atoms with van der Waals surface area (Å²) in [6, 6.07) is 5.25. The van der Waals surface area contributed by atoms with Crippen molar-refractivity contribution in [2.45, 2.75) is 19.4 Å². The molecule has 2 aliphatic rings. The van der Waals surface area contributed by atoms with E-state index in [4.69, 9.17) is 0 Å². The van der Waals surface area contributed by atoms with Gasteiger partial charge in [0, 0.05) is 35.1 Å². The third kappa shape index (κ3) is 3.58. The van der Waals surface area contributed by atoms with E-state index in [0.717, 1.165) is 33.6 Å². The molecule has 0 fully saturated rings. The van der Waals surface area contributed by atoms with Crippen LogP contribution in [0, 0.1) is 6.92 Å². The Morgan fingerprint density at radius 1 is 1.29 bits per heavy atom. The Hall–Kier alpha value is -4.23. The van der Waals surface area contributed by atoms with Crippen molar-refractivity contribution >= 4 is 28.6 Å². The fourth-order valence-corrected chi connectivity index (χ4v) is 3.61. The Labute approximate surface area is 178 Å². The summed E-state index contributed by atoms with van der Waals surface area (Å²) < 4.78 is 0. The molecule has 0 saturated heterocycles. The number of H-pyrrole nitrogens is 1. The van der Waals surface area contributed by atoms with E-state index >= 15 is 0 Å². The topological polar surface area (TPSA) is 120 Å². The SMILES string of the molecule is Cc1cc(-c2n[nH]c3cc(NC(=O)NCC4=NC5(C)C=CC=C=C5N4)ncc23)ccn1. The zero-order valence-corrected chi connectivity index (χ0v) is 17.0. The zero-order valence-electron chi connectivity index (χ0n) is 17.0. The summed E-state index contributed by atoms with van der Waals surface area (Å²) in [5.74, 6) is 1.09. The molecule has 4 N–H and O–H groups in total. The molecule has 1 unspecified atom stereocenters. The van der Waals surface area contributed by atoms with E-state index in [-0.39, 0.29) is 12.6 Å². The van der Waals surface area contributed by atoms with E-state index in [2.05, 4.69) is 46.8 Å². The van der Waals surface area contributed by atoms with Gasteiger partial charge in [0.05, 0.1) is 17.8 Å². The molecular formula is C22H20N8O. The van der Waals surface area contributed by atoms with Crippen molar-refractivity contribution in [2.75, 3.05) is 11.9 Å². The van der Waals surface area contributed by atoms with E-state index in [1.54, 1.807) is 18.5 Å². The van der Waals surface area contributed by atoms with Crippen LogP contribution in [0.2, 0.25) is 0 Å². The minimum Gasteiger partial charge on any atom is -0.337 e. The molecule has 0 aromatic carbocycles. The van der Waals surface area contributed by atoms with E-state index in [9.17, 15) is 4.79 Å². The Morgan fingerprint density at radius 2 is 2.19 bits per heavy atom. The fourth-order valence-electron chi connectivity index (χ4n) is 3.61. The number of fused-ring (bicyclic) bond motifs is 2. The molecule has 0 saturated carbocycles. The molecule has 1 atom stereocenters. The smallest absolute Gasteiger partial charge is 0.320 e. The second kappa shape index (κ2) is 7.23. The number of allylic oxidation sites excluding steroid dienone is 1. The number of carbonyl (C=O) groups excluding carboxylic acids is 1. The zero-order chi connectivity index (χ0) is 21.4. The normalized spacial score (nSPS) is 18.9. The van der Waals surface area contributed by atoms with E-state index in [1.807, 2.05) is 44.2 Å². The highest BCUT2D eigenvalue weighted by molar-refractivity contribution is 5.97.